The Bertz CT molecular complexity index is 1780. The summed E-state index contributed by atoms with van der Waals surface area (Å²) in [5.41, 5.74) is 2.49. The number of carbonyl (C=O) groups is 3. The summed E-state index contributed by atoms with van der Waals surface area (Å²) >= 11 is 0. The van der Waals surface area contributed by atoms with Crippen molar-refractivity contribution in [1.82, 2.24) is 4.90 Å². The molecule has 3 aliphatic rings. The minimum absolute atomic E-state index is 0.275. The van der Waals surface area contributed by atoms with Crippen LogP contribution < -0.4 is 14.8 Å². The molecule has 208 valence electrons. The molecular formula is C35H28N2O5. The Balaban J connectivity index is 1.54. The normalized spacial score (nSPS) is 23.1. The van der Waals surface area contributed by atoms with Gasteiger partial charge in [0.15, 0.2) is 11.6 Å². The van der Waals surface area contributed by atoms with E-state index in [9.17, 15) is 14.4 Å². The zero-order chi connectivity index (χ0) is 29.0. The molecule has 0 bridgehead atoms. The molecule has 7 rings (SSSR count). The number of hydrogen-bond donors (Lipinski definition) is 1. The number of anilines is 1. The standard InChI is InChI=1S/C35H28N2O5/c1-41-23-16-17-28(42-2)25(20-23)32(39)30-29(31(38)22-11-4-3-5-12-22)35(26-14-8-9-15-27(26)36-34(35)40)33-24-13-7-6-10-21(24)18-19-37(30)33/h3-20,29-30,33H,1-2H3,(H,36,40)/t29-,30+,33+,35+/m1/s1. The predicted octanol–water partition coefficient (Wildman–Crippen LogP) is 5.69. The van der Waals surface area contributed by atoms with Crippen molar-refractivity contribution < 1.29 is 23.9 Å². The summed E-state index contributed by atoms with van der Waals surface area (Å²) in [7, 11) is 3.03. The molecule has 42 heavy (non-hydrogen) atoms. The van der Waals surface area contributed by atoms with E-state index in [1.54, 1.807) is 42.5 Å². The van der Waals surface area contributed by atoms with E-state index in [0.29, 0.717) is 28.3 Å². The summed E-state index contributed by atoms with van der Waals surface area (Å²) in [4.78, 5) is 46.1. The van der Waals surface area contributed by atoms with E-state index in [0.717, 1.165) is 11.1 Å². The van der Waals surface area contributed by atoms with Crippen molar-refractivity contribution in [3.8, 4) is 11.5 Å². The van der Waals surface area contributed by atoms with E-state index in [-0.39, 0.29) is 23.0 Å². The average molecular weight is 557 g/mol. The van der Waals surface area contributed by atoms with Gasteiger partial charge in [0.25, 0.3) is 0 Å². The Hall–Kier alpha value is -5.17. The molecule has 4 aromatic rings. The Morgan fingerprint density at radius 3 is 2.36 bits per heavy atom. The number of para-hydroxylation sites is 1. The zero-order valence-electron chi connectivity index (χ0n) is 23.1. The van der Waals surface area contributed by atoms with Crippen molar-refractivity contribution in [2.24, 2.45) is 5.92 Å². The van der Waals surface area contributed by atoms with Gasteiger partial charge in [-0.05, 0) is 47.0 Å². The first-order chi connectivity index (χ1) is 20.5. The second-order valence-corrected chi connectivity index (χ2v) is 10.7. The van der Waals surface area contributed by atoms with E-state index in [1.165, 1.54) is 14.2 Å². The number of methoxy groups -OCH3 is 2. The van der Waals surface area contributed by atoms with Gasteiger partial charge in [0.05, 0.1) is 31.7 Å². The Labute approximate surface area is 243 Å². The van der Waals surface area contributed by atoms with Crippen LogP contribution in [0.1, 0.15) is 43.4 Å². The summed E-state index contributed by atoms with van der Waals surface area (Å²) in [6.45, 7) is 0. The number of ketones is 2. The van der Waals surface area contributed by atoms with Gasteiger partial charge >= 0.3 is 0 Å². The Morgan fingerprint density at radius 1 is 0.833 bits per heavy atom. The second kappa shape index (κ2) is 9.73. The van der Waals surface area contributed by atoms with Crippen LogP contribution in [-0.4, -0.2) is 42.6 Å². The third-order valence-corrected chi connectivity index (χ3v) is 8.85. The lowest BCUT2D eigenvalue weighted by Gasteiger charge is -2.38. The van der Waals surface area contributed by atoms with Crippen molar-refractivity contribution in [3.63, 3.8) is 0 Å². The van der Waals surface area contributed by atoms with E-state index in [2.05, 4.69) is 5.32 Å². The van der Waals surface area contributed by atoms with Crippen LogP contribution >= 0.6 is 0 Å². The average Bonchev–Trinajstić information content (AvgIpc) is 3.52. The monoisotopic (exact) mass is 556 g/mol. The number of rotatable bonds is 6. The summed E-state index contributed by atoms with van der Waals surface area (Å²) in [6, 6.07) is 27.6. The molecule has 1 saturated heterocycles. The summed E-state index contributed by atoms with van der Waals surface area (Å²) in [5.74, 6) is -1.12. The lowest BCUT2D eigenvalue weighted by Crippen LogP contribution is -2.49. The Kier molecular flexibility index (Phi) is 5.97. The highest BCUT2D eigenvalue weighted by Gasteiger charge is 2.70. The van der Waals surface area contributed by atoms with E-state index in [4.69, 9.17) is 9.47 Å². The van der Waals surface area contributed by atoms with Crippen LogP contribution in [-0.2, 0) is 10.2 Å². The van der Waals surface area contributed by atoms with Gasteiger partial charge in [-0.2, -0.15) is 0 Å². The van der Waals surface area contributed by atoms with Gasteiger partial charge in [-0.3, -0.25) is 14.4 Å². The molecule has 3 heterocycles. The summed E-state index contributed by atoms with van der Waals surface area (Å²) < 4.78 is 11.1. The molecule has 1 spiro atoms. The van der Waals surface area contributed by atoms with Crippen LogP contribution in [0.3, 0.4) is 0 Å². The molecule has 7 nitrogen and oxygen atoms in total. The van der Waals surface area contributed by atoms with E-state index >= 15 is 0 Å². The van der Waals surface area contributed by atoms with Crippen molar-refractivity contribution in [2.75, 3.05) is 19.5 Å². The lowest BCUT2D eigenvalue weighted by molar-refractivity contribution is -0.122. The number of ether oxygens (including phenoxy) is 2. The number of nitrogens with zero attached hydrogens (tertiary/aromatic N) is 1. The SMILES string of the molecule is COc1ccc(OC)c(C(=O)[C@@H]2[C@H](C(=O)c3ccccc3)[C@]3(C(=O)Nc4ccccc43)[C@@H]3c4ccccc4C=CN23)c1. The largest absolute Gasteiger partial charge is 0.497 e. The third kappa shape index (κ3) is 3.49. The highest BCUT2D eigenvalue weighted by atomic mass is 16.5. The lowest BCUT2D eigenvalue weighted by atomic mass is 9.62. The first kappa shape index (κ1) is 25.8. The molecular weight excluding hydrogens is 528 g/mol. The fourth-order valence-corrected chi connectivity index (χ4v) is 7.12. The highest BCUT2D eigenvalue weighted by Crippen LogP contribution is 2.62. The topological polar surface area (TPSA) is 84.9 Å². The van der Waals surface area contributed by atoms with Crippen LogP contribution in [0.25, 0.3) is 6.08 Å². The molecule has 0 radical (unpaired) electrons. The smallest absolute Gasteiger partial charge is 0.238 e. The number of benzene rings is 4. The van der Waals surface area contributed by atoms with Crippen LogP contribution in [0.5, 0.6) is 11.5 Å². The van der Waals surface area contributed by atoms with Gasteiger partial charge in [0.1, 0.15) is 23.0 Å². The van der Waals surface area contributed by atoms with Crippen molar-refractivity contribution in [1.29, 1.82) is 0 Å². The van der Waals surface area contributed by atoms with Crippen molar-refractivity contribution in [3.05, 3.63) is 131 Å². The van der Waals surface area contributed by atoms with E-state index in [1.807, 2.05) is 71.8 Å². The zero-order valence-corrected chi connectivity index (χ0v) is 23.1. The maximum absolute atomic E-state index is 14.9. The molecule has 0 aromatic heterocycles. The minimum Gasteiger partial charge on any atom is -0.497 e. The van der Waals surface area contributed by atoms with Gasteiger partial charge in [-0.1, -0.05) is 72.8 Å². The molecule has 0 unspecified atom stereocenters. The molecule has 0 aliphatic carbocycles. The first-order valence-corrected chi connectivity index (χ1v) is 13.8. The number of Topliss-reactive ketones (excluding diaryl/α,β-unsaturated/α-hetero) is 2. The van der Waals surface area contributed by atoms with Crippen molar-refractivity contribution >= 4 is 29.2 Å². The summed E-state index contributed by atoms with van der Waals surface area (Å²) in [6.07, 6.45) is 3.80. The molecule has 4 aromatic carbocycles. The van der Waals surface area contributed by atoms with Gasteiger partial charge in [-0.25, -0.2) is 0 Å². The molecule has 3 aliphatic heterocycles. The maximum Gasteiger partial charge on any atom is 0.238 e. The predicted molar refractivity (Wildman–Crippen MR) is 159 cm³/mol. The van der Waals surface area contributed by atoms with E-state index < -0.39 is 23.4 Å². The number of fused-ring (bicyclic) bond motifs is 6. The quantitative estimate of drug-likeness (QED) is 0.308. The van der Waals surface area contributed by atoms with Crippen LogP contribution in [0.4, 0.5) is 5.69 Å². The molecule has 1 N–H and O–H groups in total. The molecule has 4 atom stereocenters. The molecule has 1 fully saturated rings. The number of hydrogen-bond acceptors (Lipinski definition) is 6. The van der Waals surface area contributed by atoms with Gasteiger partial charge < -0.3 is 19.7 Å². The first-order valence-electron chi connectivity index (χ1n) is 13.8. The van der Waals surface area contributed by atoms with Crippen LogP contribution in [0.2, 0.25) is 0 Å². The van der Waals surface area contributed by atoms with Gasteiger partial charge in [0.2, 0.25) is 5.91 Å². The molecule has 7 heteroatoms. The van der Waals surface area contributed by atoms with Crippen LogP contribution in [0.15, 0.2) is 103 Å². The van der Waals surface area contributed by atoms with Crippen molar-refractivity contribution in [2.45, 2.75) is 17.5 Å². The number of nitrogens with one attached hydrogen (secondary N) is 1. The Morgan fingerprint density at radius 2 is 1.57 bits per heavy atom. The van der Waals surface area contributed by atoms with Gasteiger partial charge in [0, 0.05) is 17.5 Å². The number of carbonyl (C=O) groups excluding carboxylic acids is 3. The fourth-order valence-electron chi connectivity index (χ4n) is 7.12. The number of amides is 1. The fraction of sp³-hybridized carbons (Fsp3) is 0.171. The van der Waals surface area contributed by atoms with Crippen LogP contribution in [0, 0.1) is 5.92 Å². The summed E-state index contributed by atoms with van der Waals surface area (Å²) in [5, 5.41) is 3.07. The molecule has 1 amide bonds. The molecule has 0 saturated carbocycles. The maximum atomic E-state index is 14.9. The van der Waals surface area contributed by atoms with Gasteiger partial charge in [-0.15, -0.1) is 0 Å². The minimum atomic E-state index is -1.39. The highest BCUT2D eigenvalue weighted by molar-refractivity contribution is 6.17. The second-order valence-electron chi connectivity index (χ2n) is 10.7. The third-order valence-electron chi connectivity index (χ3n) is 8.85.